The first-order chi connectivity index (χ1) is 5.19. The Morgan fingerprint density at radius 2 is 2.45 bits per heavy atom. The molecule has 11 heavy (non-hydrogen) atoms. The van der Waals surface area contributed by atoms with E-state index in [2.05, 4.69) is 0 Å². The first-order valence-corrected chi connectivity index (χ1v) is 3.49. The van der Waals surface area contributed by atoms with Crippen LogP contribution < -0.4 is 0 Å². The molecule has 4 atom stereocenters. The molecule has 1 N–H and O–H groups in total. The van der Waals surface area contributed by atoms with Gasteiger partial charge in [0.05, 0.1) is 19.2 Å². The number of fused-ring (bicyclic) bond motifs is 1. The average molecular weight is 158 g/mol. The Hall–Kier alpha value is -0.125. The van der Waals surface area contributed by atoms with E-state index in [1.54, 1.807) is 0 Å². The lowest BCUT2D eigenvalue weighted by atomic mass is 9.87. The minimum atomic E-state index is -1.31. The molecule has 2 rings (SSSR count). The Balaban J connectivity index is 2.16. The van der Waals surface area contributed by atoms with E-state index in [0.717, 1.165) is 0 Å². The number of hydrogen-bond acceptors (Lipinski definition) is 3. The Morgan fingerprint density at radius 1 is 1.73 bits per heavy atom. The largest absolute Gasteiger partial charge is 0.393 e. The summed E-state index contributed by atoms with van der Waals surface area (Å²) in [6.07, 6.45) is -1.97. The van der Waals surface area contributed by atoms with Crippen molar-refractivity contribution in [2.45, 2.75) is 23.9 Å². The minimum absolute atomic E-state index is 0.230. The molecule has 0 aromatic carbocycles. The van der Waals surface area contributed by atoms with Crippen LogP contribution in [0.4, 0.5) is 4.39 Å². The fraction of sp³-hybridized carbons (Fsp3) is 1.00. The lowest BCUT2D eigenvalue weighted by Gasteiger charge is -2.41. The number of aliphatic hydroxyl groups is 1. The molecular weight excluding hydrogens is 150 g/mol. The normalized spacial score (nSPS) is 55.3. The van der Waals surface area contributed by atoms with Crippen molar-refractivity contribution in [3.63, 3.8) is 0 Å². The van der Waals surface area contributed by atoms with Crippen molar-refractivity contribution in [1.29, 1.82) is 0 Å². The maximum atomic E-state index is 13.0. The molecule has 2 fully saturated rings. The summed E-state index contributed by atoms with van der Waals surface area (Å²) < 4.78 is 22.9. The van der Waals surface area contributed by atoms with Crippen LogP contribution in [-0.2, 0) is 9.47 Å². The van der Waals surface area contributed by atoms with E-state index in [9.17, 15) is 4.39 Å². The summed E-state index contributed by atoms with van der Waals surface area (Å²) in [4.78, 5) is 0. The van der Waals surface area contributed by atoms with Gasteiger partial charge in [-0.05, 0) is 0 Å². The molecule has 5 heteroatoms. The van der Waals surface area contributed by atoms with Crippen molar-refractivity contribution in [3.05, 3.63) is 0 Å². The van der Waals surface area contributed by atoms with Crippen molar-refractivity contribution in [2.75, 3.05) is 13.2 Å². The Labute approximate surface area is 64.9 Å². The van der Waals surface area contributed by atoms with Gasteiger partial charge in [0.15, 0.2) is 0 Å². The average Bonchev–Trinajstić information content (AvgIpc) is 2.10. The first kappa shape index (κ1) is 7.52. The summed E-state index contributed by atoms with van der Waals surface area (Å²) in [7, 11) is 5.27. The van der Waals surface area contributed by atoms with E-state index in [-0.39, 0.29) is 13.2 Å². The third kappa shape index (κ3) is 0.788. The standard InChI is InChI=1S/C6H8BFO3/c7-5-3(8)4-6(1-9,11-5)2-10-4/h3-5,9H,1-2H2/t3?,4-,5-,6+/m1/s1. The molecule has 0 aromatic heterocycles. The predicted octanol–water partition coefficient (Wildman–Crippen LogP) is -1.02. The zero-order chi connectivity index (χ0) is 8.06. The topological polar surface area (TPSA) is 38.7 Å². The van der Waals surface area contributed by atoms with Crippen molar-refractivity contribution in [3.8, 4) is 0 Å². The second-order valence-electron chi connectivity index (χ2n) is 2.98. The number of hydrogen-bond donors (Lipinski definition) is 1. The summed E-state index contributed by atoms with van der Waals surface area (Å²) in [5, 5.41) is 8.86. The molecule has 2 saturated heterocycles. The minimum Gasteiger partial charge on any atom is -0.393 e. The van der Waals surface area contributed by atoms with Crippen LogP contribution in [0.3, 0.4) is 0 Å². The lowest BCUT2D eigenvalue weighted by Crippen LogP contribution is -2.60. The molecule has 1 unspecified atom stereocenters. The molecule has 0 bridgehead atoms. The maximum Gasteiger partial charge on any atom is 0.147 e. The van der Waals surface area contributed by atoms with E-state index >= 15 is 0 Å². The van der Waals surface area contributed by atoms with Crippen molar-refractivity contribution in [2.24, 2.45) is 0 Å². The fourth-order valence-corrected chi connectivity index (χ4v) is 1.53. The van der Waals surface area contributed by atoms with Gasteiger partial charge in [0.2, 0.25) is 0 Å². The van der Waals surface area contributed by atoms with E-state index in [1.807, 2.05) is 0 Å². The third-order valence-electron chi connectivity index (χ3n) is 2.27. The molecule has 0 saturated carbocycles. The number of ether oxygens (including phenoxy) is 2. The van der Waals surface area contributed by atoms with Gasteiger partial charge in [-0.25, -0.2) is 4.39 Å². The van der Waals surface area contributed by atoms with Crippen LogP contribution in [0.15, 0.2) is 0 Å². The maximum absolute atomic E-state index is 13.0. The Bertz CT molecular complexity index is 175. The van der Waals surface area contributed by atoms with Crippen molar-refractivity contribution in [1.82, 2.24) is 0 Å². The van der Waals surface area contributed by atoms with Gasteiger partial charge in [0.1, 0.15) is 25.7 Å². The highest BCUT2D eigenvalue weighted by Gasteiger charge is 2.61. The molecule has 2 aliphatic heterocycles. The summed E-state index contributed by atoms with van der Waals surface area (Å²) in [6, 6.07) is -0.949. The summed E-state index contributed by atoms with van der Waals surface area (Å²) >= 11 is 0. The SMILES string of the molecule is [B][C@@H]1O[C@@]2(CO)CO[C@@H]2C1F. The van der Waals surface area contributed by atoms with Gasteiger partial charge in [-0.2, -0.15) is 0 Å². The van der Waals surface area contributed by atoms with Crippen LogP contribution in [0.5, 0.6) is 0 Å². The monoisotopic (exact) mass is 158 g/mol. The predicted molar refractivity (Wildman–Crippen MR) is 35.1 cm³/mol. The molecule has 3 nitrogen and oxygen atoms in total. The molecule has 2 heterocycles. The van der Waals surface area contributed by atoms with Gasteiger partial charge in [0.25, 0.3) is 0 Å². The molecule has 0 amide bonds. The number of alkyl halides is 1. The fourth-order valence-electron chi connectivity index (χ4n) is 1.53. The number of aliphatic hydroxyl groups excluding tert-OH is 1. The molecule has 2 radical (unpaired) electrons. The van der Waals surface area contributed by atoms with E-state index in [4.69, 9.17) is 22.4 Å². The molecule has 0 aromatic rings. The second-order valence-corrected chi connectivity index (χ2v) is 2.98. The first-order valence-electron chi connectivity index (χ1n) is 3.49. The van der Waals surface area contributed by atoms with Crippen LogP contribution in [0.1, 0.15) is 0 Å². The van der Waals surface area contributed by atoms with Gasteiger partial charge in [-0.1, -0.05) is 0 Å². The molecule has 0 aliphatic carbocycles. The Kier molecular flexibility index (Phi) is 1.49. The van der Waals surface area contributed by atoms with Crippen molar-refractivity contribution < 1.29 is 19.0 Å². The van der Waals surface area contributed by atoms with Crippen molar-refractivity contribution >= 4 is 7.85 Å². The summed E-state index contributed by atoms with van der Waals surface area (Å²) in [5.41, 5.74) is -0.848. The molecule has 2 aliphatic rings. The highest BCUT2D eigenvalue weighted by molar-refractivity contribution is 6.11. The lowest BCUT2D eigenvalue weighted by molar-refractivity contribution is -0.236. The van der Waals surface area contributed by atoms with E-state index < -0.39 is 23.9 Å². The number of halogens is 1. The van der Waals surface area contributed by atoms with Gasteiger partial charge in [-0.15, -0.1) is 0 Å². The van der Waals surface area contributed by atoms with Gasteiger partial charge < -0.3 is 14.6 Å². The van der Waals surface area contributed by atoms with Gasteiger partial charge in [0, 0.05) is 0 Å². The summed E-state index contributed by atoms with van der Waals surface area (Å²) in [6.45, 7) is 0.00801. The second kappa shape index (κ2) is 2.18. The van der Waals surface area contributed by atoms with Crippen LogP contribution in [-0.4, -0.2) is 50.0 Å². The summed E-state index contributed by atoms with van der Waals surface area (Å²) in [5.74, 6) is 0. The van der Waals surface area contributed by atoms with Crippen LogP contribution >= 0.6 is 0 Å². The quantitative estimate of drug-likeness (QED) is 0.496. The highest BCUT2D eigenvalue weighted by Crippen LogP contribution is 2.41. The van der Waals surface area contributed by atoms with Gasteiger partial charge in [-0.3, -0.25) is 0 Å². The Morgan fingerprint density at radius 3 is 2.73 bits per heavy atom. The zero-order valence-electron chi connectivity index (χ0n) is 5.87. The van der Waals surface area contributed by atoms with Crippen LogP contribution in [0.2, 0.25) is 0 Å². The van der Waals surface area contributed by atoms with Gasteiger partial charge >= 0.3 is 0 Å². The number of rotatable bonds is 1. The molecule has 60 valence electrons. The third-order valence-corrected chi connectivity index (χ3v) is 2.27. The van der Waals surface area contributed by atoms with E-state index in [0.29, 0.717) is 0 Å². The smallest absolute Gasteiger partial charge is 0.147 e. The molecule has 0 spiro atoms. The van der Waals surface area contributed by atoms with Crippen LogP contribution in [0.25, 0.3) is 0 Å². The van der Waals surface area contributed by atoms with E-state index in [1.165, 1.54) is 0 Å². The highest BCUT2D eigenvalue weighted by atomic mass is 19.1. The van der Waals surface area contributed by atoms with Crippen LogP contribution in [0, 0.1) is 0 Å². The molecular formula is C6H8BFO3. The zero-order valence-corrected chi connectivity index (χ0v) is 5.87.